The number of aromatic nitrogens is 4. The maximum Gasteiger partial charge on any atom is 0.213 e. The number of pyridine rings is 1. The summed E-state index contributed by atoms with van der Waals surface area (Å²) in [5.74, 6) is 1.42. The van der Waals surface area contributed by atoms with Gasteiger partial charge in [0.25, 0.3) is 0 Å². The smallest absolute Gasteiger partial charge is 0.213 e. The van der Waals surface area contributed by atoms with Crippen LogP contribution in [0.15, 0.2) is 36.8 Å². The van der Waals surface area contributed by atoms with E-state index in [1.807, 2.05) is 35.8 Å². The van der Waals surface area contributed by atoms with Crippen LogP contribution in [-0.2, 0) is 6.54 Å². The summed E-state index contributed by atoms with van der Waals surface area (Å²) in [6.07, 6.45) is 5.30. The van der Waals surface area contributed by atoms with Crippen LogP contribution in [0, 0.1) is 6.92 Å². The summed E-state index contributed by atoms with van der Waals surface area (Å²) in [5, 5.41) is 7.68. The molecule has 3 heterocycles. The number of rotatable bonds is 4. The number of fused-ring (bicyclic) bond motifs is 1. The minimum atomic E-state index is 0.607. The molecule has 0 aliphatic carbocycles. The van der Waals surface area contributed by atoms with Gasteiger partial charge in [-0.25, -0.2) is 14.5 Å². The average molecular weight is 269 g/mol. The van der Waals surface area contributed by atoms with Gasteiger partial charge in [-0.1, -0.05) is 0 Å². The van der Waals surface area contributed by atoms with Crippen molar-refractivity contribution in [2.24, 2.45) is 0 Å². The fourth-order valence-electron chi connectivity index (χ4n) is 2.04. The number of anilines is 1. The van der Waals surface area contributed by atoms with Crippen LogP contribution in [0.3, 0.4) is 0 Å². The first-order valence-electron chi connectivity index (χ1n) is 6.30. The quantitative estimate of drug-likeness (QED) is 0.785. The highest BCUT2D eigenvalue weighted by atomic mass is 16.5. The van der Waals surface area contributed by atoms with E-state index < -0.39 is 0 Å². The van der Waals surface area contributed by atoms with Crippen molar-refractivity contribution in [1.82, 2.24) is 19.6 Å². The van der Waals surface area contributed by atoms with Crippen molar-refractivity contribution in [3.63, 3.8) is 0 Å². The average Bonchev–Trinajstić information content (AvgIpc) is 2.86. The normalized spacial score (nSPS) is 10.7. The topological polar surface area (TPSA) is 64.3 Å². The van der Waals surface area contributed by atoms with Crippen LogP contribution < -0.4 is 10.1 Å². The van der Waals surface area contributed by atoms with Gasteiger partial charge in [0.15, 0.2) is 5.82 Å². The largest absolute Gasteiger partial charge is 0.481 e. The maximum atomic E-state index is 5.11. The van der Waals surface area contributed by atoms with Crippen molar-refractivity contribution < 1.29 is 4.74 Å². The summed E-state index contributed by atoms with van der Waals surface area (Å²) in [7, 11) is 1.61. The van der Waals surface area contributed by atoms with E-state index in [1.54, 1.807) is 19.5 Å². The Bertz CT molecular complexity index is 737. The molecule has 0 aliphatic heterocycles. The van der Waals surface area contributed by atoms with Crippen molar-refractivity contribution in [1.29, 1.82) is 0 Å². The van der Waals surface area contributed by atoms with Gasteiger partial charge in [-0.2, -0.15) is 5.10 Å². The van der Waals surface area contributed by atoms with Gasteiger partial charge in [0.05, 0.1) is 12.8 Å². The third kappa shape index (κ3) is 2.40. The molecule has 0 unspecified atom stereocenters. The predicted octanol–water partition coefficient (Wildman–Crippen LogP) is 2.05. The summed E-state index contributed by atoms with van der Waals surface area (Å²) in [4.78, 5) is 8.45. The Kier molecular flexibility index (Phi) is 3.20. The zero-order chi connectivity index (χ0) is 13.9. The molecule has 0 atom stereocenters. The first kappa shape index (κ1) is 12.4. The molecule has 0 amide bonds. The number of methoxy groups -OCH3 is 1. The van der Waals surface area contributed by atoms with E-state index in [0.29, 0.717) is 12.4 Å². The molecule has 0 saturated carbocycles. The van der Waals surface area contributed by atoms with Crippen LogP contribution in [0.1, 0.15) is 11.3 Å². The molecule has 0 aromatic carbocycles. The lowest BCUT2D eigenvalue weighted by Crippen LogP contribution is -2.04. The Morgan fingerprint density at radius 3 is 3.00 bits per heavy atom. The van der Waals surface area contributed by atoms with Crippen molar-refractivity contribution in [2.75, 3.05) is 12.4 Å². The Balaban J connectivity index is 1.82. The second-order valence-electron chi connectivity index (χ2n) is 4.45. The molecule has 6 nitrogen and oxygen atoms in total. The van der Waals surface area contributed by atoms with Crippen LogP contribution in [0.25, 0.3) is 5.52 Å². The highest BCUT2D eigenvalue weighted by molar-refractivity contribution is 5.67. The van der Waals surface area contributed by atoms with Crippen LogP contribution in [-0.4, -0.2) is 26.7 Å². The van der Waals surface area contributed by atoms with E-state index in [1.165, 1.54) is 0 Å². The van der Waals surface area contributed by atoms with Gasteiger partial charge >= 0.3 is 0 Å². The Morgan fingerprint density at radius 2 is 2.15 bits per heavy atom. The third-order valence-electron chi connectivity index (χ3n) is 2.98. The molecule has 3 aromatic heterocycles. The molecule has 1 N–H and O–H groups in total. The highest BCUT2D eigenvalue weighted by Crippen LogP contribution is 2.16. The van der Waals surface area contributed by atoms with Crippen LogP contribution in [0.5, 0.6) is 5.88 Å². The molecule has 0 fully saturated rings. The molecule has 20 heavy (non-hydrogen) atoms. The predicted molar refractivity (Wildman–Crippen MR) is 75.8 cm³/mol. The molecule has 0 radical (unpaired) electrons. The zero-order valence-electron chi connectivity index (χ0n) is 11.4. The van der Waals surface area contributed by atoms with Crippen molar-refractivity contribution in [2.45, 2.75) is 13.5 Å². The maximum absolute atomic E-state index is 5.11. The summed E-state index contributed by atoms with van der Waals surface area (Å²) in [6.45, 7) is 2.61. The number of ether oxygens (including phenoxy) is 1. The fourth-order valence-corrected chi connectivity index (χ4v) is 2.04. The molecule has 6 heteroatoms. The number of nitrogens with one attached hydrogen (secondary N) is 1. The van der Waals surface area contributed by atoms with Crippen LogP contribution >= 0.6 is 0 Å². The van der Waals surface area contributed by atoms with Crippen LogP contribution in [0.4, 0.5) is 5.82 Å². The zero-order valence-corrected chi connectivity index (χ0v) is 11.4. The van der Waals surface area contributed by atoms with Gasteiger partial charge in [-0.15, -0.1) is 0 Å². The molecule has 3 rings (SSSR count). The van der Waals surface area contributed by atoms with Gasteiger partial charge < -0.3 is 10.1 Å². The molecule has 0 spiro atoms. The fraction of sp³-hybridized carbons (Fsp3) is 0.214. The highest BCUT2D eigenvalue weighted by Gasteiger charge is 2.05. The number of hydrogen-bond acceptors (Lipinski definition) is 5. The van der Waals surface area contributed by atoms with E-state index in [-0.39, 0.29) is 0 Å². The molecule has 0 aliphatic rings. The van der Waals surface area contributed by atoms with Crippen LogP contribution in [0.2, 0.25) is 0 Å². The van der Waals surface area contributed by atoms with E-state index in [9.17, 15) is 0 Å². The summed E-state index contributed by atoms with van der Waals surface area (Å²) in [6, 6.07) is 5.84. The molecule has 3 aromatic rings. The van der Waals surface area contributed by atoms with Gasteiger partial charge in [0, 0.05) is 31.2 Å². The summed E-state index contributed by atoms with van der Waals surface area (Å²) < 4.78 is 6.93. The van der Waals surface area contributed by atoms with Crippen molar-refractivity contribution in [3.8, 4) is 5.88 Å². The second-order valence-corrected chi connectivity index (χ2v) is 4.45. The van der Waals surface area contributed by atoms with Gasteiger partial charge in [0.2, 0.25) is 5.88 Å². The summed E-state index contributed by atoms with van der Waals surface area (Å²) >= 11 is 0. The first-order chi connectivity index (χ1) is 9.76. The van der Waals surface area contributed by atoms with E-state index in [2.05, 4.69) is 20.4 Å². The van der Waals surface area contributed by atoms with Crippen molar-refractivity contribution >= 4 is 11.3 Å². The summed E-state index contributed by atoms with van der Waals surface area (Å²) in [5.41, 5.74) is 3.01. The monoisotopic (exact) mass is 269 g/mol. The SMILES string of the molecule is COc1cc(CNc2nccn3nc(C)cc23)ccn1. The lowest BCUT2D eigenvalue weighted by molar-refractivity contribution is 0.397. The molecular formula is C14H15N5O. The van der Waals surface area contributed by atoms with Gasteiger partial charge in [0.1, 0.15) is 5.52 Å². The van der Waals surface area contributed by atoms with Crippen molar-refractivity contribution in [3.05, 3.63) is 48.0 Å². The standard InChI is InChI=1S/C14H15N5O/c1-10-7-12-14(16-5-6-19(12)18-10)17-9-11-3-4-15-13(8-11)20-2/h3-8H,9H2,1-2H3,(H,16,17). The third-order valence-corrected chi connectivity index (χ3v) is 2.98. The van der Waals surface area contributed by atoms with Gasteiger partial charge in [-0.3, -0.25) is 0 Å². The van der Waals surface area contributed by atoms with E-state index in [4.69, 9.17) is 4.74 Å². The number of nitrogens with zero attached hydrogens (tertiary/aromatic N) is 4. The second kappa shape index (κ2) is 5.16. The Hall–Kier alpha value is -2.63. The lowest BCUT2D eigenvalue weighted by Gasteiger charge is -2.07. The Labute approximate surface area is 116 Å². The molecule has 0 bridgehead atoms. The lowest BCUT2D eigenvalue weighted by atomic mass is 10.2. The minimum Gasteiger partial charge on any atom is -0.481 e. The molecule has 0 saturated heterocycles. The Morgan fingerprint density at radius 1 is 1.25 bits per heavy atom. The van der Waals surface area contributed by atoms with Gasteiger partial charge in [-0.05, 0) is 24.6 Å². The number of hydrogen-bond donors (Lipinski definition) is 1. The minimum absolute atomic E-state index is 0.607. The first-order valence-corrected chi connectivity index (χ1v) is 6.30. The molecule has 102 valence electrons. The van der Waals surface area contributed by atoms with E-state index in [0.717, 1.165) is 22.6 Å². The molecular weight excluding hydrogens is 254 g/mol. The van der Waals surface area contributed by atoms with E-state index >= 15 is 0 Å². The number of aryl methyl sites for hydroxylation is 1.